The van der Waals surface area contributed by atoms with E-state index < -0.39 is 10.0 Å². The summed E-state index contributed by atoms with van der Waals surface area (Å²) in [6.07, 6.45) is 1.74. The summed E-state index contributed by atoms with van der Waals surface area (Å²) >= 11 is 5.98. The van der Waals surface area contributed by atoms with Crippen molar-refractivity contribution in [3.8, 4) is 5.82 Å². The number of pyridine rings is 1. The summed E-state index contributed by atoms with van der Waals surface area (Å²) in [6, 6.07) is 12.1. The van der Waals surface area contributed by atoms with Gasteiger partial charge in [-0.25, -0.2) is 18.1 Å². The first kappa shape index (κ1) is 19.9. The van der Waals surface area contributed by atoms with Gasteiger partial charge in [0, 0.05) is 37.4 Å². The Labute approximate surface area is 175 Å². The van der Waals surface area contributed by atoms with Crippen LogP contribution in [-0.4, -0.2) is 53.7 Å². The average Bonchev–Trinajstić information content (AvgIpc) is 3.03. The van der Waals surface area contributed by atoms with Crippen LogP contribution in [0.4, 0.5) is 5.69 Å². The number of nitrogens with zero attached hydrogens (tertiary/aromatic N) is 5. The fourth-order valence-corrected chi connectivity index (χ4v) is 5.45. The Balaban J connectivity index is 1.54. The van der Waals surface area contributed by atoms with E-state index in [4.69, 9.17) is 11.6 Å². The van der Waals surface area contributed by atoms with Crippen LogP contribution in [0.3, 0.4) is 0 Å². The van der Waals surface area contributed by atoms with Gasteiger partial charge < -0.3 is 4.90 Å². The summed E-state index contributed by atoms with van der Waals surface area (Å²) in [7, 11) is -3.56. The van der Waals surface area contributed by atoms with E-state index in [0.29, 0.717) is 31.2 Å². The van der Waals surface area contributed by atoms with Crippen molar-refractivity contribution in [1.82, 2.24) is 19.1 Å². The first-order valence-corrected chi connectivity index (χ1v) is 11.2. The highest BCUT2D eigenvalue weighted by Gasteiger charge is 2.30. The molecule has 0 N–H and O–H groups in total. The first-order chi connectivity index (χ1) is 13.9. The van der Waals surface area contributed by atoms with Crippen molar-refractivity contribution in [3.05, 3.63) is 65.1 Å². The molecule has 0 aliphatic carbocycles. The SMILES string of the molecule is Cc1nn(-c2ccccn2)c(C)c1N1CCN(S(=O)(=O)c2cccc(Cl)c2)CC1. The highest BCUT2D eigenvalue weighted by atomic mass is 35.5. The van der Waals surface area contributed by atoms with Gasteiger partial charge in [-0.05, 0) is 44.2 Å². The number of piperazine rings is 1. The number of sulfonamides is 1. The normalized spacial score (nSPS) is 15.6. The van der Waals surface area contributed by atoms with E-state index in [1.807, 2.05) is 36.7 Å². The van der Waals surface area contributed by atoms with Crippen molar-refractivity contribution in [3.63, 3.8) is 0 Å². The molecule has 0 amide bonds. The van der Waals surface area contributed by atoms with Gasteiger partial charge in [0.15, 0.2) is 5.82 Å². The van der Waals surface area contributed by atoms with Gasteiger partial charge in [-0.2, -0.15) is 9.40 Å². The predicted octanol–water partition coefficient (Wildman–Crippen LogP) is 3.05. The summed E-state index contributed by atoms with van der Waals surface area (Å²) in [5.41, 5.74) is 2.93. The van der Waals surface area contributed by atoms with Gasteiger partial charge in [-0.15, -0.1) is 0 Å². The highest BCUT2D eigenvalue weighted by molar-refractivity contribution is 7.89. The lowest BCUT2D eigenvalue weighted by molar-refractivity contribution is 0.384. The van der Waals surface area contributed by atoms with Crippen LogP contribution in [0.25, 0.3) is 5.82 Å². The van der Waals surface area contributed by atoms with Crippen LogP contribution in [0.1, 0.15) is 11.4 Å². The fourth-order valence-electron chi connectivity index (χ4n) is 3.72. The lowest BCUT2D eigenvalue weighted by Crippen LogP contribution is -2.49. The number of benzene rings is 1. The van der Waals surface area contributed by atoms with Crippen LogP contribution in [-0.2, 0) is 10.0 Å². The van der Waals surface area contributed by atoms with E-state index >= 15 is 0 Å². The Bertz CT molecular complexity index is 1120. The van der Waals surface area contributed by atoms with Gasteiger partial charge in [0.05, 0.1) is 22.0 Å². The smallest absolute Gasteiger partial charge is 0.243 e. The first-order valence-electron chi connectivity index (χ1n) is 9.36. The molecule has 0 unspecified atom stereocenters. The number of anilines is 1. The number of halogens is 1. The molecule has 3 aromatic rings. The van der Waals surface area contributed by atoms with Gasteiger partial charge in [0.1, 0.15) is 0 Å². The van der Waals surface area contributed by atoms with Gasteiger partial charge in [-0.1, -0.05) is 23.7 Å². The molecule has 1 fully saturated rings. The van der Waals surface area contributed by atoms with E-state index in [-0.39, 0.29) is 4.90 Å². The molecule has 0 saturated carbocycles. The monoisotopic (exact) mass is 431 g/mol. The topological polar surface area (TPSA) is 71.3 Å². The largest absolute Gasteiger partial charge is 0.366 e. The number of hydrogen-bond donors (Lipinski definition) is 0. The molecule has 1 saturated heterocycles. The van der Waals surface area contributed by atoms with Crippen LogP contribution < -0.4 is 4.90 Å². The van der Waals surface area contributed by atoms with E-state index in [1.54, 1.807) is 24.4 Å². The summed E-state index contributed by atoms with van der Waals surface area (Å²) in [4.78, 5) is 6.80. The molecule has 3 heterocycles. The Hall–Kier alpha value is -2.42. The lowest BCUT2D eigenvalue weighted by Gasteiger charge is -2.35. The molecular formula is C20H22ClN5O2S. The van der Waals surface area contributed by atoms with Gasteiger partial charge in [-0.3, -0.25) is 0 Å². The maximum atomic E-state index is 12.9. The van der Waals surface area contributed by atoms with E-state index in [2.05, 4.69) is 15.0 Å². The van der Waals surface area contributed by atoms with Crippen LogP contribution in [0.5, 0.6) is 0 Å². The van der Waals surface area contributed by atoms with Crippen LogP contribution in [0.2, 0.25) is 5.02 Å². The Kier molecular flexibility index (Phi) is 5.33. The van der Waals surface area contributed by atoms with Crippen LogP contribution in [0, 0.1) is 13.8 Å². The molecule has 0 atom stereocenters. The van der Waals surface area contributed by atoms with E-state index in [9.17, 15) is 8.42 Å². The molecule has 1 aliphatic heterocycles. The minimum atomic E-state index is -3.56. The zero-order valence-electron chi connectivity index (χ0n) is 16.3. The molecule has 29 heavy (non-hydrogen) atoms. The molecule has 1 aliphatic rings. The Morgan fingerprint density at radius 3 is 2.41 bits per heavy atom. The zero-order valence-corrected chi connectivity index (χ0v) is 17.9. The second-order valence-corrected chi connectivity index (χ2v) is 9.34. The Morgan fingerprint density at radius 2 is 1.76 bits per heavy atom. The summed E-state index contributed by atoms with van der Waals surface area (Å²) in [5.74, 6) is 0.765. The van der Waals surface area contributed by atoms with Gasteiger partial charge in [0.2, 0.25) is 10.0 Å². The summed E-state index contributed by atoms with van der Waals surface area (Å²) < 4.78 is 29.2. The third kappa shape index (κ3) is 3.75. The van der Waals surface area contributed by atoms with Crippen molar-refractivity contribution in [2.45, 2.75) is 18.7 Å². The van der Waals surface area contributed by atoms with Crippen LogP contribution in [0.15, 0.2) is 53.6 Å². The van der Waals surface area contributed by atoms with Gasteiger partial charge >= 0.3 is 0 Å². The molecule has 7 nitrogen and oxygen atoms in total. The van der Waals surface area contributed by atoms with Crippen molar-refractivity contribution < 1.29 is 8.42 Å². The molecule has 0 spiro atoms. The lowest BCUT2D eigenvalue weighted by atomic mass is 10.2. The van der Waals surface area contributed by atoms with E-state index in [1.165, 1.54) is 10.4 Å². The summed E-state index contributed by atoms with van der Waals surface area (Å²) in [5, 5.41) is 5.06. The number of rotatable bonds is 4. The average molecular weight is 432 g/mol. The maximum absolute atomic E-state index is 12.9. The van der Waals surface area contributed by atoms with Gasteiger partial charge in [0.25, 0.3) is 0 Å². The predicted molar refractivity (Wildman–Crippen MR) is 113 cm³/mol. The third-order valence-electron chi connectivity index (χ3n) is 5.11. The number of aromatic nitrogens is 3. The standard InChI is InChI=1S/C20H22ClN5O2S/c1-15-20(16(2)26(23-15)19-8-3-4-9-22-19)24-10-12-25(13-11-24)29(27,28)18-7-5-6-17(21)14-18/h3-9,14H,10-13H2,1-2H3. The van der Waals surface area contributed by atoms with Crippen molar-refractivity contribution in [2.75, 3.05) is 31.1 Å². The molecule has 152 valence electrons. The second-order valence-electron chi connectivity index (χ2n) is 6.97. The summed E-state index contributed by atoms with van der Waals surface area (Å²) in [6.45, 7) is 5.98. The number of hydrogen-bond acceptors (Lipinski definition) is 5. The minimum absolute atomic E-state index is 0.230. The number of aryl methyl sites for hydroxylation is 1. The molecule has 4 rings (SSSR count). The molecule has 0 bridgehead atoms. The molecular weight excluding hydrogens is 410 g/mol. The van der Waals surface area contributed by atoms with Crippen molar-refractivity contribution in [1.29, 1.82) is 0 Å². The second kappa shape index (κ2) is 7.78. The minimum Gasteiger partial charge on any atom is -0.366 e. The fraction of sp³-hybridized carbons (Fsp3) is 0.300. The molecule has 9 heteroatoms. The third-order valence-corrected chi connectivity index (χ3v) is 7.24. The van der Waals surface area contributed by atoms with Crippen molar-refractivity contribution >= 4 is 27.3 Å². The van der Waals surface area contributed by atoms with Crippen LogP contribution >= 0.6 is 11.6 Å². The van der Waals surface area contributed by atoms with E-state index in [0.717, 1.165) is 22.9 Å². The molecule has 1 aromatic carbocycles. The van der Waals surface area contributed by atoms with Crippen molar-refractivity contribution in [2.24, 2.45) is 0 Å². The Morgan fingerprint density at radius 1 is 1.00 bits per heavy atom. The molecule has 2 aromatic heterocycles. The maximum Gasteiger partial charge on any atom is 0.243 e. The zero-order chi connectivity index (χ0) is 20.6. The molecule has 0 radical (unpaired) electrons. The highest BCUT2D eigenvalue weighted by Crippen LogP contribution is 2.28. The quantitative estimate of drug-likeness (QED) is 0.634.